The number of hydrogen-bond acceptors (Lipinski definition) is 5. The molecule has 0 spiro atoms. The number of carbonyl (C=O) groups excluding carboxylic acids is 1. The van der Waals surface area contributed by atoms with Gasteiger partial charge in [-0.3, -0.25) is 0 Å². The minimum Gasteiger partial charge on any atom is -0.462 e. The molecule has 2 aliphatic rings. The lowest BCUT2D eigenvalue weighted by atomic mass is 10.1. The molecule has 1 saturated carbocycles. The normalized spacial score (nSPS) is 22.3. The summed E-state index contributed by atoms with van der Waals surface area (Å²) in [5, 5.41) is 1.22. The quantitative estimate of drug-likeness (QED) is 0.866. The van der Waals surface area contributed by atoms with Crippen LogP contribution in [-0.2, 0) is 4.74 Å². The molecule has 1 atom stereocenters. The van der Waals surface area contributed by atoms with E-state index >= 15 is 0 Å². The van der Waals surface area contributed by atoms with Gasteiger partial charge in [-0.1, -0.05) is 6.92 Å². The number of ether oxygens (including phenoxy) is 1. The SMILES string of the molecule is CCOC(=O)c1sc(N2CCC(C)C2)c(C2CC2)c1N. The highest BCUT2D eigenvalue weighted by atomic mass is 32.1. The molecule has 0 bridgehead atoms. The van der Waals surface area contributed by atoms with E-state index in [0.717, 1.165) is 19.0 Å². The van der Waals surface area contributed by atoms with Gasteiger partial charge in [-0.2, -0.15) is 0 Å². The zero-order valence-corrected chi connectivity index (χ0v) is 13.0. The van der Waals surface area contributed by atoms with Crippen molar-refractivity contribution < 1.29 is 9.53 Å². The van der Waals surface area contributed by atoms with Crippen molar-refractivity contribution in [3.05, 3.63) is 10.4 Å². The fourth-order valence-corrected chi connectivity index (χ4v) is 4.15. The lowest BCUT2D eigenvalue weighted by Gasteiger charge is -2.18. The fourth-order valence-electron chi connectivity index (χ4n) is 2.91. The number of anilines is 2. The standard InChI is InChI=1S/C15H22N2O2S/c1-3-19-15(18)13-12(16)11(10-4-5-10)14(20-13)17-7-6-9(2)8-17/h9-10H,3-8,16H2,1-2H3. The summed E-state index contributed by atoms with van der Waals surface area (Å²) in [7, 11) is 0. The van der Waals surface area contributed by atoms with E-state index in [1.165, 1.54) is 41.2 Å². The Labute approximate surface area is 123 Å². The van der Waals surface area contributed by atoms with Gasteiger partial charge in [0, 0.05) is 18.7 Å². The van der Waals surface area contributed by atoms with E-state index in [1.807, 2.05) is 6.92 Å². The molecule has 2 fully saturated rings. The highest BCUT2D eigenvalue weighted by Gasteiger charge is 2.36. The highest BCUT2D eigenvalue weighted by Crippen LogP contribution is 2.52. The Morgan fingerprint density at radius 3 is 2.75 bits per heavy atom. The van der Waals surface area contributed by atoms with Crippen molar-refractivity contribution in [1.29, 1.82) is 0 Å². The van der Waals surface area contributed by atoms with Crippen LogP contribution >= 0.6 is 11.3 Å². The molecule has 1 aliphatic heterocycles. The number of hydrogen-bond donors (Lipinski definition) is 1. The average Bonchev–Trinajstić information content (AvgIpc) is 3.06. The summed E-state index contributed by atoms with van der Waals surface area (Å²) < 4.78 is 5.13. The monoisotopic (exact) mass is 294 g/mol. The molecule has 1 saturated heterocycles. The van der Waals surface area contributed by atoms with E-state index in [2.05, 4.69) is 11.8 Å². The first kappa shape index (κ1) is 13.7. The van der Waals surface area contributed by atoms with Gasteiger partial charge >= 0.3 is 5.97 Å². The van der Waals surface area contributed by atoms with E-state index in [0.29, 0.717) is 23.1 Å². The molecule has 20 heavy (non-hydrogen) atoms. The second-order valence-corrected chi connectivity index (χ2v) is 6.90. The number of rotatable bonds is 4. The van der Waals surface area contributed by atoms with E-state index < -0.39 is 0 Å². The Kier molecular flexibility index (Phi) is 3.63. The molecule has 1 aromatic heterocycles. The summed E-state index contributed by atoms with van der Waals surface area (Å²) in [4.78, 5) is 15.0. The van der Waals surface area contributed by atoms with Crippen LogP contribution < -0.4 is 10.6 Å². The van der Waals surface area contributed by atoms with Crippen LogP contribution in [0.15, 0.2) is 0 Å². The van der Waals surface area contributed by atoms with Gasteiger partial charge in [0.15, 0.2) is 0 Å². The van der Waals surface area contributed by atoms with Crippen molar-refractivity contribution in [1.82, 2.24) is 0 Å². The molecule has 110 valence electrons. The van der Waals surface area contributed by atoms with Crippen molar-refractivity contribution >= 4 is 28.0 Å². The summed E-state index contributed by atoms with van der Waals surface area (Å²) in [6.45, 7) is 6.64. The molecule has 2 heterocycles. The summed E-state index contributed by atoms with van der Waals surface area (Å²) in [6.07, 6.45) is 3.61. The van der Waals surface area contributed by atoms with Crippen molar-refractivity contribution in [2.24, 2.45) is 5.92 Å². The van der Waals surface area contributed by atoms with Crippen LogP contribution in [0.2, 0.25) is 0 Å². The summed E-state index contributed by atoms with van der Waals surface area (Å²) >= 11 is 1.53. The number of thiophene rings is 1. The van der Waals surface area contributed by atoms with Crippen molar-refractivity contribution in [2.75, 3.05) is 30.3 Å². The van der Waals surface area contributed by atoms with Crippen LogP contribution in [0.4, 0.5) is 10.7 Å². The first-order valence-corrected chi connectivity index (χ1v) is 8.27. The average molecular weight is 294 g/mol. The lowest BCUT2D eigenvalue weighted by Crippen LogP contribution is -2.19. The highest BCUT2D eigenvalue weighted by molar-refractivity contribution is 7.18. The number of nitrogens with two attached hydrogens (primary N) is 1. The van der Waals surface area contributed by atoms with Crippen LogP contribution in [0.5, 0.6) is 0 Å². The smallest absolute Gasteiger partial charge is 0.350 e. The van der Waals surface area contributed by atoms with Gasteiger partial charge in [-0.15, -0.1) is 11.3 Å². The maximum atomic E-state index is 12.0. The zero-order valence-electron chi connectivity index (χ0n) is 12.1. The van der Waals surface area contributed by atoms with E-state index in [9.17, 15) is 4.79 Å². The Balaban J connectivity index is 1.95. The van der Waals surface area contributed by atoms with E-state index in [-0.39, 0.29) is 5.97 Å². The maximum absolute atomic E-state index is 12.0. The molecule has 1 aliphatic carbocycles. The van der Waals surface area contributed by atoms with Gasteiger partial charge in [0.1, 0.15) is 4.88 Å². The lowest BCUT2D eigenvalue weighted by molar-refractivity contribution is 0.0533. The minimum atomic E-state index is -0.268. The molecule has 1 aromatic rings. The molecule has 3 rings (SSSR count). The van der Waals surface area contributed by atoms with E-state index in [4.69, 9.17) is 10.5 Å². The van der Waals surface area contributed by atoms with Gasteiger partial charge < -0.3 is 15.4 Å². The van der Waals surface area contributed by atoms with Gasteiger partial charge in [0.25, 0.3) is 0 Å². The molecule has 0 radical (unpaired) electrons. The molecule has 0 amide bonds. The topological polar surface area (TPSA) is 55.6 Å². The van der Waals surface area contributed by atoms with Crippen LogP contribution in [0.3, 0.4) is 0 Å². The fraction of sp³-hybridized carbons (Fsp3) is 0.667. The van der Waals surface area contributed by atoms with Gasteiger partial charge in [0.05, 0.1) is 17.3 Å². The number of nitrogens with zero attached hydrogens (tertiary/aromatic N) is 1. The molecule has 1 unspecified atom stereocenters. The van der Waals surface area contributed by atoms with Crippen LogP contribution in [0.25, 0.3) is 0 Å². The maximum Gasteiger partial charge on any atom is 0.350 e. The van der Waals surface area contributed by atoms with E-state index in [1.54, 1.807) is 0 Å². The zero-order chi connectivity index (χ0) is 14.3. The molecular formula is C15H22N2O2S. The molecule has 0 aromatic carbocycles. The van der Waals surface area contributed by atoms with Crippen LogP contribution in [-0.4, -0.2) is 25.7 Å². The molecular weight excluding hydrogens is 272 g/mol. The predicted molar refractivity (Wildman–Crippen MR) is 82.7 cm³/mol. The largest absolute Gasteiger partial charge is 0.462 e. The summed E-state index contributed by atoms with van der Waals surface area (Å²) in [6, 6.07) is 0. The summed E-state index contributed by atoms with van der Waals surface area (Å²) in [5.74, 6) is 1.01. The van der Waals surface area contributed by atoms with Gasteiger partial charge in [-0.25, -0.2) is 4.79 Å². The minimum absolute atomic E-state index is 0.268. The Bertz CT molecular complexity index is 522. The van der Waals surface area contributed by atoms with Gasteiger partial charge in [-0.05, 0) is 38.0 Å². The van der Waals surface area contributed by atoms with Crippen molar-refractivity contribution in [3.8, 4) is 0 Å². The van der Waals surface area contributed by atoms with Gasteiger partial charge in [0.2, 0.25) is 0 Å². The second kappa shape index (κ2) is 5.28. The van der Waals surface area contributed by atoms with Crippen molar-refractivity contribution in [3.63, 3.8) is 0 Å². The number of esters is 1. The Morgan fingerprint density at radius 1 is 1.45 bits per heavy atom. The Morgan fingerprint density at radius 2 is 2.20 bits per heavy atom. The number of carbonyl (C=O) groups is 1. The Hall–Kier alpha value is -1.23. The van der Waals surface area contributed by atoms with Crippen LogP contribution in [0.1, 0.15) is 54.3 Å². The predicted octanol–water partition coefficient (Wildman–Crippen LogP) is 3.23. The van der Waals surface area contributed by atoms with Crippen LogP contribution in [0, 0.1) is 5.92 Å². The third kappa shape index (κ3) is 2.39. The third-order valence-corrected chi connectivity index (χ3v) is 5.38. The second-order valence-electron chi connectivity index (χ2n) is 5.90. The third-order valence-electron chi connectivity index (χ3n) is 4.12. The molecule has 5 heteroatoms. The summed E-state index contributed by atoms with van der Waals surface area (Å²) in [5.41, 5.74) is 8.15. The molecule has 2 N–H and O–H groups in total. The first-order valence-electron chi connectivity index (χ1n) is 7.46. The molecule has 4 nitrogen and oxygen atoms in total. The number of nitrogen functional groups attached to an aromatic ring is 1. The first-order chi connectivity index (χ1) is 9.61. The van der Waals surface area contributed by atoms with Crippen molar-refractivity contribution in [2.45, 2.75) is 39.0 Å².